The Labute approximate surface area is 125 Å². The Morgan fingerprint density at radius 2 is 2.24 bits per heavy atom. The molecule has 0 aliphatic rings. The normalized spacial score (nSPS) is 10.9. The zero-order valence-corrected chi connectivity index (χ0v) is 12.7. The van der Waals surface area contributed by atoms with Crippen LogP contribution in [0.15, 0.2) is 12.1 Å². The van der Waals surface area contributed by atoms with E-state index in [1.54, 1.807) is 0 Å². The molecule has 0 aliphatic heterocycles. The minimum absolute atomic E-state index is 0.0666. The van der Waals surface area contributed by atoms with Crippen molar-refractivity contribution in [1.29, 1.82) is 0 Å². The number of hydrogen-bond acceptors (Lipinski definition) is 6. The number of anilines is 1. The third-order valence-corrected chi connectivity index (χ3v) is 3.63. The molecule has 0 bridgehead atoms. The number of carbonyl (C=O) groups excluding carboxylic acids is 1. The highest BCUT2D eigenvalue weighted by Gasteiger charge is 2.17. The van der Waals surface area contributed by atoms with Crippen molar-refractivity contribution in [1.82, 2.24) is 4.98 Å². The van der Waals surface area contributed by atoms with Crippen LogP contribution in [0.3, 0.4) is 0 Å². The van der Waals surface area contributed by atoms with E-state index in [-0.39, 0.29) is 17.5 Å². The number of non-ortho nitro benzene ring substituents is 1. The first-order valence-corrected chi connectivity index (χ1v) is 7.15. The summed E-state index contributed by atoms with van der Waals surface area (Å²) >= 11 is 1.19. The van der Waals surface area contributed by atoms with Crippen LogP contribution in [0, 0.1) is 16.0 Å². The molecule has 0 atom stereocenters. The van der Waals surface area contributed by atoms with Crippen molar-refractivity contribution in [3.05, 3.63) is 22.2 Å². The molecular formula is C13H15N3O4S. The summed E-state index contributed by atoms with van der Waals surface area (Å²) in [7, 11) is 1.43. The fourth-order valence-electron chi connectivity index (χ4n) is 1.84. The van der Waals surface area contributed by atoms with Crippen molar-refractivity contribution in [3.63, 3.8) is 0 Å². The molecular weight excluding hydrogens is 294 g/mol. The molecule has 8 heteroatoms. The Morgan fingerprint density at radius 1 is 1.52 bits per heavy atom. The van der Waals surface area contributed by atoms with E-state index >= 15 is 0 Å². The first-order chi connectivity index (χ1) is 9.90. The second-order valence-corrected chi connectivity index (χ2v) is 5.95. The van der Waals surface area contributed by atoms with Gasteiger partial charge in [-0.25, -0.2) is 4.98 Å². The number of aromatic nitrogens is 1. The molecule has 21 heavy (non-hydrogen) atoms. The molecule has 7 nitrogen and oxygen atoms in total. The summed E-state index contributed by atoms with van der Waals surface area (Å²) in [5, 5.41) is 14.0. The van der Waals surface area contributed by atoms with Gasteiger partial charge in [0, 0.05) is 12.5 Å². The van der Waals surface area contributed by atoms with E-state index in [0.29, 0.717) is 27.5 Å². The van der Waals surface area contributed by atoms with Gasteiger partial charge < -0.3 is 10.1 Å². The molecule has 1 aromatic carbocycles. The van der Waals surface area contributed by atoms with Crippen LogP contribution < -0.4 is 10.1 Å². The van der Waals surface area contributed by atoms with Crippen molar-refractivity contribution < 1.29 is 14.5 Å². The van der Waals surface area contributed by atoms with Crippen LogP contribution >= 0.6 is 11.3 Å². The van der Waals surface area contributed by atoms with Crippen molar-refractivity contribution in [2.75, 3.05) is 12.4 Å². The Morgan fingerprint density at radius 3 is 2.81 bits per heavy atom. The summed E-state index contributed by atoms with van der Waals surface area (Å²) in [6.07, 6.45) is 0.396. The molecule has 2 aromatic rings. The first-order valence-electron chi connectivity index (χ1n) is 6.33. The van der Waals surface area contributed by atoms with E-state index in [1.165, 1.54) is 30.6 Å². The zero-order chi connectivity index (χ0) is 15.6. The summed E-state index contributed by atoms with van der Waals surface area (Å²) in [6, 6.07) is 2.75. The van der Waals surface area contributed by atoms with Gasteiger partial charge in [0.1, 0.15) is 5.52 Å². The van der Waals surface area contributed by atoms with Gasteiger partial charge in [0.05, 0.1) is 22.8 Å². The van der Waals surface area contributed by atoms with Gasteiger partial charge in [-0.15, -0.1) is 0 Å². The number of nitro benzene ring substituents is 1. The lowest BCUT2D eigenvalue weighted by atomic mass is 10.1. The fraction of sp³-hybridized carbons (Fsp3) is 0.385. The summed E-state index contributed by atoms with van der Waals surface area (Å²) in [6.45, 7) is 3.90. The molecule has 0 spiro atoms. The maximum Gasteiger partial charge on any atom is 0.274 e. The molecule has 112 valence electrons. The molecule has 1 N–H and O–H groups in total. The van der Waals surface area contributed by atoms with Crippen LogP contribution in [0.1, 0.15) is 20.3 Å². The van der Waals surface area contributed by atoms with Crippen LogP contribution in [-0.4, -0.2) is 22.9 Å². The lowest BCUT2D eigenvalue weighted by molar-refractivity contribution is -0.384. The van der Waals surface area contributed by atoms with E-state index in [0.717, 1.165) is 0 Å². The van der Waals surface area contributed by atoms with E-state index in [9.17, 15) is 14.9 Å². The van der Waals surface area contributed by atoms with Crippen LogP contribution in [0.2, 0.25) is 0 Å². The van der Waals surface area contributed by atoms with Gasteiger partial charge in [0.15, 0.2) is 10.9 Å². The number of thiazole rings is 1. The predicted molar refractivity (Wildman–Crippen MR) is 80.9 cm³/mol. The van der Waals surface area contributed by atoms with Gasteiger partial charge in [0.2, 0.25) is 5.91 Å². The molecule has 0 fully saturated rings. The molecule has 1 amide bonds. The SMILES string of the molecule is COc1cc([N+](=O)[O-])cc2sc(NC(=O)CC(C)C)nc12. The number of fused-ring (bicyclic) bond motifs is 1. The Balaban J connectivity index is 2.36. The number of benzene rings is 1. The molecule has 0 aliphatic carbocycles. The van der Waals surface area contributed by atoms with Crippen LogP contribution in [0.25, 0.3) is 10.2 Å². The topological polar surface area (TPSA) is 94.4 Å². The number of amides is 1. The number of nitrogens with one attached hydrogen (secondary N) is 1. The largest absolute Gasteiger partial charge is 0.494 e. The number of hydrogen-bond donors (Lipinski definition) is 1. The summed E-state index contributed by atoms with van der Waals surface area (Å²) < 4.78 is 5.73. The number of carbonyl (C=O) groups is 1. The van der Waals surface area contributed by atoms with Gasteiger partial charge >= 0.3 is 0 Å². The van der Waals surface area contributed by atoms with E-state index in [2.05, 4.69) is 10.3 Å². The Kier molecular flexibility index (Phi) is 4.37. The maximum atomic E-state index is 11.7. The van der Waals surface area contributed by atoms with Gasteiger partial charge in [-0.05, 0) is 5.92 Å². The van der Waals surface area contributed by atoms with Crippen molar-refractivity contribution >= 4 is 38.3 Å². The quantitative estimate of drug-likeness (QED) is 0.676. The monoisotopic (exact) mass is 309 g/mol. The van der Waals surface area contributed by atoms with Crippen LogP contribution in [-0.2, 0) is 4.79 Å². The van der Waals surface area contributed by atoms with Crippen molar-refractivity contribution in [2.24, 2.45) is 5.92 Å². The molecule has 0 saturated heterocycles. The summed E-state index contributed by atoms with van der Waals surface area (Å²) in [5.74, 6) is 0.437. The molecule has 1 heterocycles. The zero-order valence-electron chi connectivity index (χ0n) is 11.9. The van der Waals surface area contributed by atoms with Gasteiger partial charge in [0.25, 0.3) is 5.69 Å². The molecule has 1 aromatic heterocycles. The minimum Gasteiger partial charge on any atom is -0.494 e. The van der Waals surface area contributed by atoms with Gasteiger partial charge in [-0.2, -0.15) is 0 Å². The van der Waals surface area contributed by atoms with Crippen LogP contribution in [0.5, 0.6) is 5.75 Å². The Bertz CT molecular complexity index is 696. The number of methoxy groups -OCH3 is 1. The highest BCUT2D eigenvalue weighted by atomic mass is 32.1. The van der Waals surface area contributed by atoms with Crippen molar-refractivity contribution in [2.45, 2.75) is 20.3 Å². The van der Waals surface area contributed by atoms with E-state index in [1.807, 2.05) is 13.8 Å². The van der Waals surface area contributed by atoms with E-state index in [4.69, 9.17) is 4.74 Å². The van der Waals surface area contributed by atoms with Gasteiger partial charge in [-0.1, -0.05) is 25.2 Å². The average molecular weight is 309 g/mol. The predicted octanol–water partition coefficient (Wildman–Crippen LogP) is 3.20. The number of nitrogens with zero attached hydrogens (tertiary/aromatic N) is 2. The third-order valence-electron chi connectivity index (χ3n) is 2.72. The Hall–Kier alpha value is -2.22. The fourth-order valence-corrected chi connectivity index (χ4v) is 2.77. The third kappa shape index (κ3) is 3.46. The second kappa shape index (κ2) is 6.04. The number of ether oxygens (including phenoxy) is 1. The molecule has 0 saturated carbocycles. The second-order valence-electron chi connectivity index (χ2n) is 4.92. The number of rotatable bonds is 5. The highest BCUT2D eigenvalue weighted by Crippen LogP contribution is 2.36. The molecule has 0 radical (unpaired) electrons. The van der Waals surface area contributed by atoms with E-state index < -0.39 is 4.92 Å². The minimum atomic E-state index is -0.487. The first kappa shape index (κ1) is 15.2. The van der Waals surface area contributed by atoms with Crippen molar-refractivity contribution in [3.8, 4) is 5.75 Å². The standard InChI is InChI=1S/C13H15N3O4S/c1-7(2)4-11(17)14-13-15-12-9(20-3)5-8(16(18)19)6-10(12)21-13/h5-7H,4H2,1-3H3,(H,14,15,17). The molecule has 2 rings (SSSR count). The molecule has 0 unspecified atom stereocenters. The lowest BCUT2D eigenvalue weighted by Gasteiger charge is -2.03. The summed E-state index contributed by atoms with van der Waals surface area (Å²) in [5.41, 5.74) is 0.441. The number of nitro groups is 1. The lowest BCUT2D eigenvalue weighted by Crippen LogP contribution is -2.13. The van der Waals surface area contributed by atoms with Crippen LogP contribution in [0.4, 0.5) is 10.8 Å². The highest BCUT2D eigenvalue weighted by molar-refractivity contribution is 7.22. The average Bonchev–Trinajstić information content (AvgIpc) is 2.78. The maximum absolute atomic E-state index is 11.7. The smallest absolute Gasteiger partial charge is 0.274 e. The van der Waals surface area contributed by atoms with Gasteiger partial charge in [-0.3, -0.25) is 14.9 Å². The summed E-state index contributed by atoms with van der Waals surface area (Å²) in [4.78, 5) is 26.4.